The number of amides is 1. The van der Waals surface area contributed by atoms with Crippen molar-refractivity contribution in [3.63, 3.8) is 0 Å². The van der Waals surface area contributed by atoms with Gasteiger partial charge in [-0.2, -0.15) is 0 Å². The molecular formula is C16H22F2INO3. The van der Waals surface area contributed by atoms with Gasteiger partial charge in [0.25, 0.3) is 5.92 Å². The van der Waals surface area contributed by atoms with E-state index in [9.17, 15) is 13.6 Å². The third-order valence-corrected chi connectivity index (χ3v) is 3.64. The van der Waals surface area contributed by atoms with Gasteiger partial charge >= 0.3 is 6.09 Å². The van der Waals surface area contributed by atoms with Crippen molar-refractivity contribution in [1.29, 1.82) is 0 Å². The number of ether oxygens (including phenoxy) is 2. The number of benzene rings is 1. The normalized spacial score (nSPS) is 13.5. The maximum Gasteiger partial charge on any atom is 0.408 e. The fourth-order valence-corrected chi connectivity index (χ4v) is 2.55. The van der Waals surface area contributed by atoms with Crippen LogP contribution in [0.5, 0.6) is 0 Å². The highest BCUT2D eigenvalue weighted by molar-refractivity contribution is 14.1. The van der Waals surface area contributed by atoms with Crippen LogP contribution < -0.4 is 5.32 Å². The largest absolute Gasteiger partial charge is 0.444 e. The minimum absolute atomic E-state index is 0.0404. The van der Waals surface area contributed by atoms with Gasteiger partial charge in [0.2, 0.25) is 0 Å². The van der Waals surface area contributed by atoms with E-state index in [1.807, 2.05) is 18.2 Å². The first-order valence-electron chi connectivity index (χ1n) is 7.19. The van der Waals surface area contributed by atoms with E-state index < -0.39 is 30.3 Å². The van der Waals surface area contributed by atoms with Crippen LogP contribution in [0.25, 0.3) is 0 Å². The highest BCUT2D eigenvalue weighted by Gasteiger charge is 2.41. The van der Waals surface area contributed by atoms with Crippen LogP contribution in [0.3, 0.4) is 0 Å². The average molecular weight is 441 g/mol. The van der Waals surface area contributed by atoms with Crippen molar-refractivity contribution in [3.8, 4) is 0 Å². The van der Waals surface area contributed by atoms with E-state index in [0.717, 1.165) is 5.56 Å². The summed E-state index contributed by atoms with van der Waals surface area (Å²) in [5.41, 5.74) is 0.0772. The summed E-state index contributed by atoms with van der Waals surface area (Å²) in [6, 6.07) is 7.71. The zero-order valence-corrected chi connectivity index (χ0v) is 15.6. The summed E-state index contributed by atoms with van der Waals surface area (Å²) in [5, 5.41) is 2.21. The molecule has 0 aliphatic carbocycles. The second kappa shape index (κ2) is 8.77. The highest BCUT2D eigenvalue weighted by Crippen LogP contribution is 2.22. The molecule has 0 aliphatic rings. The quantitative estimate of drug-likeness (QED) is 0.511. The molecule has 0 heterocycles. The summed E-state index contributed by atoms with van der Waals surface area (Å²) in [7, 11) is 0. The van der Waals surface area contributed by atoms with Gasteiger partial charge in [0.1, 0.15) is 18.2 Å². The summed E-state index contributed by atoms with van der Waals surface area (Å²) in [4.78, 5) is 11.7. The number of hydrogen-bond acceptors (Lipinski definition) is 3. The number of carbonyl (C=O) groups is 1. The Kier molecular flexibility index (Phi) is 7.66. The van der Waals surface area contributed by atoms with Gasteiger partial charge in [-0.15, -0.1) is 0 Å². The summed E-state index contributed by atoms with van der Waals surface area (Å²) < 4.78 is 38.5. The third-order valence-electron chi connectivity index (χ3n) is 2.76. The lowest BCUT2D eigenvalue weighted by molar-refractivity contribution is -0.0998. The lowest BCUT2D eigenvalue weighted by Crippen LogP contribution is -2.52. The van der Waals surface area contributed by atoms with Crippen LogP contribution in [0, 0.1) is 0 Å². The number of alkyl halides is 3. The molecule has 0 bridgehead atoms. The molecule has 1 atom stereocenters. The standard InChI is InChI=1S/C16H22F2INO3/c1-15(2,3)23-14(21)20-13(9-19)16(17,18)11-22-10-12-7-5-4-6-8-12/h4-8,13H,9-11H2,1-3H3,(H,20,21)/t13-/m1/s1. The Hall–Kier alpha value is -0.960. The molecule has 23 heavy (non-hydrogen) atoms. The van der Waals surface area contributed by atoms with Gasteiger partial charge in [-0.1, -0.05) is 52.9 Å². The molecule has 1 aromatic carbocycles. The van der Waals surface area contributed by atoms with E-state index >= 15 is 0 Å². The number of nitrogens with one attached hydrogen (secondary N) is 1. The molecule has 1 N–H and O–H groups in total. The third kappa shape index (κ3) is 7.92. The van der Waals surface area contributed by atoms with Gasteiger partial charge in [-0.05, 0) is 26.3 Å². The monoisotopic (exact) mass is 441 g/mol. The Bertz CT molecular complexity index is 492. The summed E-state index contributed by atoms with van der Waals surface area (Å²) in [5.74, 6) is -3.19. The van der Waals surface area contributed by atoms with Gasteiger partial charge in [-0.25, -0.2) is 13.6 Å². The SMILES string of the molecule is CC(C)(C)OC(=O)N[C@H](CI)C(F)(F)COCc1ccccc1. The number of carbonyl (C=O) groups excluding carboxylic acids is 1. The Morgan fingerprint density at radius 3 is 2.39 bits per heavy atom. The number of halogens is 3. The van der Waals surface area contributed by atoms with Gasteiger partial charge < -0.3 is 14.8 Å². The molecule has 1 rings (SSSR count). The minimum atomic E-state index is -3.19. The minimum Gasteiger partial charge on any atom is -0.444 e. The molecule has 0 spiro atoms. The molecule has 130 valence electrons. The van der Waals surface area contributed by atoms with Gasteiger partial charge in [0, 0.05) is 4.43 Å². The molecular weight excluding hydrogens is 419 g/mol. The van der Waals surface area contributed by atoms with E-state index in [2.05, 4.69) is 5.32 Å². The van der Waals surface area contributed by atoms with Crippen LogP contribution >= 0.6 is 22.6 Å². The van der Waals surface area contributed by atoms with Crippen molar-refractivity contribution in [2.45, 2.75) is 44.9 Å². The summed E-state index contributed by atoms with van der Waals surface area (Å²) in [6.45, 7) is 4.34. The highest BCUT2D eigenvalue weighted by atomic mass is 127. The molecule has 0 unspecified atom stereocenters. The Morgan fingerprint density at radius 2 is 1.87 bits per heavy atom. The van der Waals surface area contributed by atoms with Crippen LogP contribution in [0.4, 0.5) is 13.6 Å². The Morgan fingerprint density at radius 1 is 1.26 bits per heavy atom. The van der Waals surface area contributed by atoms with Crippen LogP contribution in [0.2, 0.25) is 0 Å². The maximum absolute atomic E-state index is 14.2. The fraction of sp³-hybridized carbons (Fsp3) is 0.562. The Labute approximate surface area is 149 Å². The lowest BCUT2D eigenvalue weighted by atomic mass is 10.2. The van der Waals surface area contributed by atoms with Crippen molar-refractivity contribution in [2.75, 3.05) is 11.0 Å². The van der Waals surface area contributed by atoms with E-state index in [0.29, 0.717) is 0 Å². The molecule has 0 saturated carbocycles. The van der Waals surface area contributed by atoms with Crippen molar-refractivity contribution in [3.05, 3.63) is 35.9 Å². The van der Waals surface area contributed by atoms with Crippen molar-refractivity contribution >= 4 is 28.7 Å². The predicted octanol–water partition coefficient (Wildman–Crippen LogP) is 4.17. The van der Waals surface area contributed by atoms with E-state index in [4.69, 9.17) is 9.47 Å². The predicted molar refractivity (Wildman–Crippen MR) is 93.1 cm³/mol. The molecule has 1 aromatic rings. The zero-order valence-electron chi connectivity index (χ0n) is 13.4. The molecule has 0 radical (unpaired) electrons. The molecule has 0 aliphatic heterocycles. The number of rotatable bonds is 7. The van der Waals surface area contributed by atoms with Crippen LogP contribution in [-0.4, -0.2) is 34.7 Å². The van der Waals surface area contributed by atoms with Crippen LogP contribution in [-0.2, 0) is 16.1 Å². The van der Waals surface area contributed by atoms with Gasteiger partial charge in [-0.3, -0.25) is 0 Å². The maximum atomic E-state index is 14.2. The van der Waals surface area contributed by atoms with Crippen molar-refractivity contribution in [2.24, 2.45) is 0 Å². The second-order valence-electron chi connectivity index (χ2n) is 6.09. The van der Waals surface area contributed by atoms with E-state index in [-0.39, 0.29) is 11.0 Å². The molecule has 1 amide bonds. The molecule has 0 fully saturated rings. The summed E-state index contributed by atoms with van der Waals surface area (Å²) >= 11 is 1.80. The second-order valence-corrected chi connectivity index (χ2v) is 6.97. The number of hydrogen-bond donors (Lipinski definition) is 1. The van der Waals surface area contributed by atoms with Crippen LogP contribution in [0.15, 0.2) is 30.3 Å². The lowest BCUT2D eigenvalue weighted by Gasteiger charge is -2.28. The van der Waals surface area contributed by atoms with Crippen LogP contribution in [0.1, 0.15) is 26.3 Å². The van der Waals surface area contributed by atoms with Crippen molar-refractivity contribution in [1.82, 2.24) is 5.32 Å². The first kappa shape index (κ1) is 20.1. The first-order valence-corrected chi connectivity index (χ1v) is 8.71. The first-order chi connectivity index (χ1) is 10.6. The zero-order chi connectivity index (χ0) is 17.5. The average Bonchev–Trinajstić information content (AvgIpc) is 2.43. The number of alkyl carbamates (subject to hydrolysis) is 1. The Balaban J connectivity index is 2.52. The van der Waals surface area contributed by atoms with E-state index in [1.165, 1.54) is 0 Å². The smallest absolute Gasteiger partial charge is 0.408 e. The molecule has 0 saturated heterocycles. The molecule has 0 aromatic heterocycles. The van der Waals surface area contributed by atoms with E-state index in [1.54, 1.807) is 55.5 Å². The fourth-order valence-electron chi connectivity index (χ4n) is 1.69. The molecule has 4 nitrogen and oxygen atoms in total. The van der Waals surface area contributed by atoms with Gasteiger partial charge in [0.05, 0.1) is 6.61 Å². The van der Waals surface area contributed by atoms with Gasteiger partial charge in [0.15, 0.2) is 0 Å². The molecule has 7 heteroatoms. The van der Waals surface area contributed by atoms with Crippen molar-refractivity contribution < 1.29 is 23.0 Å². The topological polar surface area (TPSA) is 47.6 Å². The summed E-state index contributed by atoms with van der Waals surface area (Å²) in [6.07, 6.45) is -0.859.